The quantitative estimate of drug-likeness (QED) is 0.0475. The Morgan fingerprint density at radius 3 is 2.43 bits per heavy atom. The third kappa shape index (κ3) is 13.0. The number of benzene rings is 1. The lowest BCUT2D eigenvalue weighted by Crippen LogP contribution is -2.46. The van der Waals surface area contributed by atoms with E-state index in [1.54, 1.807) is 31.3 Å². The van der Waals surface area contributed by atoms with E-state index in [1.807, 2.05) is 0 Å². The predicted octanol–water partition coefficient (Wildman–Crippen LogP) is -2.51. The van der Waals surface area contributed by atoms with Gasteiger partial charge in [0.25, 0.3) is 15.6 Å². The average molecular weight is 897 g/mol. The summed E-state index contributed by atoms with van der Waals surface area (Å²) in [5, 5.41) is 29.0. The number of carbonyl (C=O) groups is 3. The van der Waals surface area contributed by atoms with Crippen molar-refractivity contribution in [2.24, 2.45) is 5.41 Å². The Bertz CT molecular complexity index is 2090. The maximum absolute atomic E-state index is 12.6. The highest BCUT2D eigenvalue weighted by Crippen LogP contribution is 2.56. The van der Waals surface area contributed by atoms with Gasteiger partial charge in [0.15, 0.2) is 17.7 Å². The maximum atomic E-state index is 12.6. The number of fused-ring (bicyclic) bond motifs is 1. The number of aliphatic hydroxyl groups excluding tert-OH is 2. The van der Waals surface area contributed by atoms with Crippen molar-refractivity contribution in [1.29, 1.82) is 0 Å². The summed E-state index contributed by atoms with van der Waals surface area (Å²) < 4.78 is 60.6. The van der Waals surface area contributed by atoms with Crippen LogP contribution in [0.25, 0.3) is 11.2 Å². The molecule has 1 aliphatic rings. The molecule has 58 heavy (non-hydrogen) atoms. The summed E-state index contributed by atoms with van der Waals surface area (Å²) in [4.78, 5) is 96.7. The van der Waals surface area contributed by atoms with Crippen molar-refractivity contribution in [2.75, 3.05) is 50.2 Å². The highest BCUT2D eigenvalue weighted by molar-refractivity contribution is 8.14. The Kier molecular flexibility index (Phi) is 16.1. The number of hydrogen-bond acceptors (Lipinski definition) is 23. The fourth-order valence-corrected chi connectivity index (χ4v) is 8.67. The van der Waals surface area contributed by atoms with Crippen molar-refractivity contribution in [3.63, 3.8) is 0 Å². The molecule has 1 saturated heterocycles. The van der Waals surface area contributed by atoms with Crippen LogP contribution < -0.4 is 41.3 Å². The first-order valence-corrected chi connectivity index (χ1v) is 22.2. The van der Waals surface area contributed by atoms with Gasteiger partial charge in [-0.25, -0.2) is 19.3 Å². The molecular weight excluding hydrogens is 857 g/mol. The topological polar surface area (TPSA) is 387 Å². The Hall–Kier alpha value is -3.42. The number of phosphoric acid groups is 3. The molecule has 2 unspecified atom stereocenters. The number of nitrogens with two attached hydrogens (primary N) is 1. The molecule has 7 N–H and O–H groups in total. The van der Waals surface area contributed by atoms with Gasteiger partial charge in [0.05, 0.1) is 32.9 Å². The van der Waals surface area contributed by atoms with Crippen LogP contribution in [0.4, 0.5) is 11.5 Å². The minimum absolute atomic E-state index is 0.0237. The minimum atomic E-state index is -5.92. The lowest BCUT2D eigenvalue weighted by molar-refractivity contribution is -0.347. The molecule has 0 spiro atoms. The molecule has 2 amide bonds. The lowest BCUT2D eigenvalue weighted by atomic mass is 9.87. The second kappa shape index (κ2) is 19.8. The summed E-state index contributed by atoms with van der Waals surface area (Å²) in [7, 11) is -15.9. The zero-order valence-corrected chi connectivity index (χ0v) is 34.2. The number of amides is 2. The molecule has 1 aromatic carbocycles. The van der Waals surface area contributed by atoms with Crippen molar-refractivity contribution < 1.29 is 80.5 Å². The summed E-state index contributed by atoms with van der Waals surface area (Å²) >= 11 is 1.00. The number of aliphatic hydroxyl groups is 2. The monoisotopic (exact) mass is 896 g/mol. The van der Waals surface area contributed by atoms with E-state index in [2.05, 4.69) is 48.8 Å². The first kappa shape index (κ1) is 47.3. The van der Waals surface area contributed by atoms with Crippen molar-refractivity contribution >= 4 is 74.8 Å². The van der Waals surface area contributed by atoms with Gasteiger partial charge in [-0.15, -0.1) is 0 Å². The number of ether oxygens (including phenoxy) is 1. The van der Waals surface area contributed by atoms with E-state index in [0.717, 1.165) is 29.0 Å². The molecule has 25 nitrogen and oxygen atoms in total. The largest absolute Gasteiger partial charge is 0.790 e. The Balaban J connectivity index is 1.23. The van der Waals surface area contributed by atoms with Crippen LogP contribution >= 0.6 is 35.2 Å². The predicted molar refractivity (Wildman–Crippen MR) is 194 cm³/mol. The number of aromatic nitrogens is 4. The van der Waals surface area contributed by atoms with Gasteiger partial charge in [-0.05, 0) is 12.1 Å². The molecule has 3 aromatic rings. The van der Waals surface area contributed by atoms with Crippen molar-refractivity contribution in [3.8, 4) is 0 Å². The van der Waals surface area contributed by atoms with Gasteiger partial charge >= 0.3 is 0 Å². The fraction of sp³-hybridized carbons (Fsp3) is 0.517. The summed E-state index contributed by atoms with van der Waals surface area (Å²) in [6, 6.07) is 6.92. The fourth-order valence-electron chi connectivity index (χ4n) is 5.21. The number of para-hydroxylation sites is 1. The molecule has 7 atom stereocenters. The number of nitrogens with zero attached hydrogens (tertiary/aromatic N) is 4. The average Bonchev–Trinajstić information content (AvgIpc) is 3.71. The Morgan fingerprint density at radius 1 is 1.05 bits per heavy atom. The van der Waals surface area contributed by atoms with Gasteiger partial charge in [-0.1, -0.05) is 37.7 Å². The molecule has 0 aliphatic carbocycles. The molecule has 0 saturated carbocycles. The molecule has 1 aliphatic heterocycles. The summed E-state index contributed by atoms with van der Waals surface area (Å²) in [6.07, 6.45) is -7.64. The molecule has 2 aromatic heterocycles. The van der Waals surface area contributed by atoms with Gasteiger partial charge in [0, 0.05) is 43.4 Å². The molecule has 4 rings (SSSR count). The smallest absolute Gasteiger partial charge is 0.274 e. The number of phosphoric ester groups is 3. The van der Waals surface area contributed by atoms with Crippen molar-refractivity contribution in [2.45, 2.75) is 50.9 Å². The number of anilines is 2. The van der Waals surface area contributed by atoms with E-state index in [0.29, 0.717) is 11.3 Å². The number of rotatable bonds is 21. The Morgan fingerprint density at radius 2 is 1.74 bits per heavy atom. The summed E-state index contributed by atoms with van der Waals surface area (Å²) in [5.41, 5.74) is 5.20. The zero-order valence-electron chi connectivity index (χ0n) is 30.7. The van der Waals surface area contributed by atoms with Crippen LogP contribution in [0.5, 0.6) is 0 Å². The van der Waals surface area contributed by atoms with Crippen LogP contribution in [-0.2, 0) is 45.9 Å². The molecule has 0 bridgehead atoms. The minimum Gasteiger partial charge on any atom is -0.790 e. The van der Waals surface area contributed by atoms with Gasteiger partial charge in [-0.3, -0.25) is 28.1 Å². The number of thioether (sulfide) groups is 1. The summed E-state index contributed by atoms with van der Waals surface area (Å²) in [6.45, 7) is 0.0140. The van der Waals surface area contributed by atoms with E-state index >= 15 is 0 Å². The van der Waals surface area contributed by atoms with Crippen LogP contribution in [0.3, 0.4) is 0 Å². The van der Waals surface area contributed by atoms with Gasteiger partial charge < -0.3 is 74.3 Å². The van der Waals surface area contributed by atoms with E-state index in [-0.39, 0.29) is 47.4 Å². The first-order valence-electron chi connectivity index (χ1n) is 16.8. The van der Waals surface area contributed by atoms with Gasteiger partial charge in [0.1, 0.15) is 36.3 Å². The normalized spacial score (nSPS) is 21.2. The first-order chi connectivity index (χ1) is 27.0. The van der Waals surface area contributed by atoms with E-state index in [4.69, 9.17) is 10.5 Å². The highest BCUT2D eigenvalue weighted by atomic mass is 32.2. The Labute approximate surface area is 333 Å². The molecule has 322 valence electrons. The molecule has 0 radical (unpaired) electrons. The van der Waals surface area contributed by atoms with E-state index in [9.17, 15) is 57.9 Å². The summed E-state index contributed by atoms with van der Waals surface area (Å²) in [5.74, 6) is -1.31. The number of hydrogen-bond donors (Lipinski definition) is 6. The number of imidazole rings is 1. The second-order valence-electron chi connectivity index (χ2n) is 12.9. The third-order valence-electron chi connectivity index (χ3n) is 8.13. The van der Waals surface area contributed by atoms with E-state index < -0.39 is 84.6 Å². The number of carbonyl (C=O) groups excluding carboxylic acids is 3. The maximum Gasteiger partial charge on any atom is 0.274 e. The molecule has 29 heteroatoms. The van der Waals surface area contributed by atoms with Crippen molar-refractivity contribution in [1.82, 2.24) is 30.2 Å². The lowest BCUT2D eigenvalue weighted by Gasteiger charge is -2.36. The van der Waals surface area contributed by atoms with Gasteiger partial charge in [-0.2, -0.15) is 0 Å². The number of nitrogens with one attached hydrogen (secondary N) is 3. The van der Waals surface area contributed by atoms with Crippen LogP contribution in [0.15, 0.2) is 36.9 Å². The van der Waals surface area contributed by atoms with Gasteiger partial charge in [0.2, 0.25) is 16.9 Å². The second-order valence-corrected chi connectivity index (χ2v) is 18.0. The molecule has 3 heterocycles. The highest BCUT2D eigenvalue weighted by Gasteiger charge is 2.47. The standard InChI is InChI=1S/C29H43N8O17P3S/c1-29(2,23(40)26(41)33-9-8-19(38)32-10-11-58-28(42)16-6-4-5-7-17(16)31-3)13-51-57(48,49)54-56(46,47)50-12-18-22(53-55(43,44)45)21(39)27(52-18)37-15-36-20-24(30)34-14-35-25(20)37/h4-7,14-15,18,21-23,27,31,39-40H,8-13H2,1-3H3,(H,32,38)(H,33,41)(H,46,47)(H,48,49)(H2,30,34,35)(H2,43,44,45)/p-4/t18-,21-,22-,23+,27-/m1/s1. The third-order valence-corrected chi connectivity index (χ3v) is 12.0. The number of nitrogen functional groups attached to an aromatic ring is 1. The van der Waals surface area contributed by atoms with Crippen LogP contribution in [-0.4, -0.2) is 110 Å². The van der Waals surface area contributed by atoms with E-state index in [1.165, 1.54) is 13.8 Å². The molecule has 1 fully saturated rings. The van der Waals surface area contributed by atoms with Crippen LogP contribution in [0.2, 0.25) is 0 Å². The SMILES string of the molecule is CNc1ccccc1C(=O)SCCNC(=O)CCNC(=O)[C@H](O)C(C)(C)COP(=O)([O-])OP(=O)([O-])OC[C@H]1O[C@@H](n2cnc3c(N)ncnc32)[C@H](O)[C@@H]1OP(=O)([O-])[O-]. The van der Waals surface area contributed by atoms with Crippen LogP contribution in [0.1, 0.15) is 36.9 Å². The zero-order chi connectivity index (χ0) is 43.1. The van der Waals surface area contributed by atoms with Crippen LogP contribution in [0, 0.1) is 5.41 Å². The molecular formula is C29H39N8O17P3S-4. The van der Waals surface area contributed by atoms with Crippen molar-refractivity contribution in [3.05, 3.63) is 42.5 Å².